The summed E-state index contributed by atoms with van der Waals surface area (Å²) in [5, 5.41) is 3.50. The summed E-state index contributed by atoms with van der Waals surface area (Å²) in [7, 11) is 0. The molecule has 1 N–H and O–H groups in total. The summed E-state index contributed by atoms with van der Waals surface area (Å²) in [6.07, 6.45) is 0. The zero-order valence-electron chi connectivity index (χ0n) is 10.4. The standard InChI is InChI=1S/C14H20N2O/c1-11-4-2-3-5-12(11)8-16-13-6-15-7-14(16)10-17-9-13/h2-5,13-15H,6-10H2,1H3. The Labute approximate surface area is 103 Å². The summed E-state index contributed by atoms with van der Waals surface area (Å²) in [4.78, 5) is 2.61. The van der Waals surface area contributed by atoms with Gasteiger partial charge in [-0.2, -0.15) is 0 Å². The van der Waals surface area contributed by atoms with E-state index in [0.717, 1.165) is 32.8 Å². The molecule has 0 spiro atoms. The van der Waals surface area contributed by atoms with Gasteiger partial charge in [-0.3, -0.25) is 4.90 Å². The summed E-state index contributed by atoms with van der Waals surface area (Å²) < 4.78 is 5.65. The van der Waals surface area contributed by atoms with Crippen LogP contribution in [-0.4, -0.2) is 43.3 Å². The van der Waals surface area contributed by atoms with E-state index >= 15 is 0 Å². The van der Waals surface area contributed by atoms with Gasteiger partial charge in [-0.15, -0.1) is 0 Å². The maximum atomic E-state index is 5.65. The van der Waals surface area contributed by atoms with E-state index in [1.54, 1.807) is 0 Å². The smallest absolute Gasteiger partial charge is 0.0635 e. The van der Waals surface area contributed by atoms with Crippen LogP contribution in [0.2, 0.25) is 0 Å². The number of hydrogen-bond acceptors (Lipinski definition) is 3. The number of ether oxygens (including phenoxy) is 1. The van der Waals surface area contributed by atoms with E-state index < -0.39 is 0 Å². The number of fused-ring (bicyclic) bond motifs is 2. The number of piperazine rings is 1. The van der Waals surface area contributed by atoms with E-state index in [-0.39, 0.29) is 0 Å². The van der Waals surface area contributed by atoms with Crippen molar-refractivity contribution < 1.29 is 4.74 Å². The SMILES string of the molecule is Cc1ccccc1CN1C2CNCC1COC2. The van der Waals surface area contributed by atoms with Crippen LogP contribution in [0.3, 0.4) is 0 Å². The average Bonchev–Trinajstić information content (AvgIpc) is 2.32. The summed E-state index contributed by atoms with van der Waals surface area (Å²) >= 11 is 0. The highest BCUT2D eigenvalue weighted by atomic mass is 16.5. The Balaban J connectivity index is 1.78. The van der Waals surface area contributed by atoms with E-state index in [9.17, 15) is 0 Å². The third kappa shape index (κ3) is 2.23. The molecule has 92 valence electrons. The van der Waals surface area contributed by atoms with Crippen molar-refractivity contribution in [2.75, 3.05) is 26.3 Å². The molecule has 0 saturated carbocycles. The lowest BCUT2D eigenvalue weighted by molar-refractivity contribution is -0.0689. The van der Waals surface area contributed by atoms with E-state index in [0.29, 0.717) is 12.1 Å². The molecule has 3 heteroatoms. The minimum Gasteiger partial charge on any atom is -0.378 e. The van der Waals surface area contributed by atoms with Gasteiger partial charge in [0.05, 0.1) is 13.2 Å². The zero-order valence-corrected chi connectivity index (χ0v) is 10.4. The van der Waals surface area contributed by atoms with E-state index in [1.165, 1.54) is 11.1 Å². The highest BCUT2D eigenvalue weighted by Gasteiger charge is 2.34. The molecule has 2 fully saturated rings. The van der Waals surface area contributed by atoms with Crippen LogP contribution in [0.15, 0.2) is 24.3 Å². The number of morpholine rings is 1. The molecule has 0 radical (unpaired) electrons. The minimum absolute atomic E-state index is 0.544. The lowest BCUT2D eigenvalue weighted by atomic mass is 10.0. The van der Waals surface area contributed by atoms with Crippen molar-refractivity contribution in [3.8, 4) is 0 Å². The van der Waals surface area contributed by atoms with E-state index in [1.807, 2.05) is 0 Å². The maximum absolute atomic E-state index is 5.65. The topological polar surface area (TPSA) is 24.5 Å². The van der Waals surface area contributed by atoms with Crippen LogP contribution in [0.25, 0.3) is 0 Å². The minimum atomic E-state index is 0.544. The van der Waals surface area contributed by atoms with Gasteiger partial charge in [-0.1, -0.05) is 24.3 Å². The lowest BCUT2D eigenvalue weighted by Gasteiger charge is -2.46. The van der Waals surface area contributed by atoms with Crippen molar-refractivity contribution in [3.63, 3.8) is 0 Å². The van der Waals surface area contributed by atoms with Gasteiger partial charge in [0.25, 0.3) is 0 Å². The van der Waals surface area contributed by atoms with Crippen molar-refractivity contribution in [1.82, 2.24) is 10.2 Å². The van der Waals surface area contributed by atoms with Crippen LogP contribution in [0, 0.1) is 6.92 Å². The van der Waals surface area contributed by atoms with Crippen molar-refractivity contribution in [2.45, 2.75) is 25.6 Å². The molecule has 2 heterocycles. The molecule has 0 aliphatic carbocycles. The van der Waals surface area contributed by atoms with E-state index in [4.69, 9.17) is 4.74 Å². The molecule has 1 aromatic rings. The molecule has 2 saturated heterocycles. The first-order chi connectivity index (χ1) is 8.34. The number of nitrogens with zero attached hydrogens (tertiary/aromatic N) is 1. The molecule has 2 unspecified atom stereocenters. The van der Waals surface area contributed by atoms with Crippen molar-refractivity contribution in [3.05, 3.63) is 35.4 Å². The van der Waals surface area contributed by atoms with Gasteiger partial charge in [0.1, 0.15) is 0 Å². The second kappa shape index (κ2) is 4.77. The first-order valence-corrected chi connectivity index (χ1v) is 6.43. The highest BCUT2D eigenvalue weighted by molar-refractivity contribution is 5.25. The Morgan fingerprint density at radius 1 is 1.24 bits per heavy atom. The number of nitrogens with one attached hydrogen (secondary N) is 1. The number of hydrogen-bond donors (Lipinski definition) is 1. The second-order valence-corrected chi connectivity index (χ2v) is 5.10. The summed E-state index contributed by atoms with van der Waals surface area (Å²) in [6, 6.07) is 9.78. The van der Waals surface area contributed by atoms with Gasteiger partial charge in [0.2, 0.25) is 0 Å². The average molecular weight is 232 g/mol. The Morgan fingerprint density at radius 3 is 2.65 bits per heavy atom. The fourth-order valence-electron chi connectivity index (χ4n) is 2.84. The molecular weight excluding hydrogens is 212 g/mol. The molecule has 2 aliphatic heterocycles. The van der Waals surface area contributed by atoms with Gasteiger partial charge >= 0.3 is 0 Å². The normalized spacial score (nSPS) is 29.2. The Bertz CT molecular complexity index is 372. The predicted molar refractivity (Wildman–Crippen MR) is 68.0 cm³/mol. The molecule has 3 rings (SSSR count). The molecule has 17 heavy (non-hydrogen) atoms. The maximum Gasteiger partial charge on any atom is 0.0635 e. The molecule has 3 nitrogen and oxygen atoms in total. The number of rotatable bonds is 2. The Hall–Kier alpha value is -0.900. The van der Waals surface area contributed by atoms with Crippen LogP contribution in [0.5, 0.6) is 0 Å². The van der Waals surface area contributed by atoms with Gasteiger partial charge in [-0.05, 0) is 18.1 Å². The summed E-state index contributed by atoms with van der Waals surface area (Å²) in [5.41, 5.74) is 2.84. The molecule has 2 aliphatic rings. The van der Waals surface area contributed by atoms with Crippen LogP contribution in [0.1, 0.15) is 11.1 Å². The van der Waals surface area contributed by atoms with Crippen LogP contribution >= 0.6 is 0 Å². The predicted octanol–water partition coefficient (Wildman–Crippen LogP) is 1.17. The number of aryl methyl sites for hydroxylation is 1. The second-order valence-electron chi connectivity index (χ2n) is 5.10. The van der Waals surface area contributed by atoms with Gasteiger partial charge in [0, 0.05) is 31.7 Å². The highest BCUT2D eigenvalue weighted by Crippen LogP contribution is 2.21. The fourth-order valence-corrected chi connectivity index (χ4v) is 2.84. The van der Waals surface area contributed by atoms with Crippen molar-refractivity contribution >= 4 is 0 Å². The van der Waals surface area contributed by atoms with Gasteiger partial charge in [-0.25, -0.2) is 0 Å². The van der Waals surface area contributed by atoms with Crippen LogP contribution < -0.4 is 5.32 Å². The molecule has 1 aromatic carbocycles. The molecule has 0 amide bonds. The molecule has 0 aromatic heterocycles. The van der Waals surface area contributed by atoms with Crippen molar-refractivity contribution in [2.24, 2.45) is 0 Å². The summed E-state index contributed by atoms with van der Waals surface area (Å²) in [6.45, 7) is 7.12. The van der Waals surface area contributed by atoms with E-state index in [2.05, 4.69) is 41.4 Å². The van der Waals surface area contributed by atoms with Crippen LogP contribution in [-0.2, 0) is 11.3 Å². The Kier molecular flexibility index (Phi) is 3.14. The third-order valence-electron chi connectivity index (χ3n) is 3.93. The quantitative estimate of drug-likeness (QED) is 0.828. The third-order valence-corrected chi connectivity index (χ3v) is 3.93. The molecular formula is C14H20N2O. The van der Waals surface area contributed by atoms with Crippen molar-refractivity contribution in [1.29, 1.82) is 0 Å². The van der Waals surface area contributed by atoms with Gasteiger partial charge in [0.15, 0.2) is 0 Å². The lowest BCUT2D eigenvalue weighted by Crippen LogP contribution is -2.63. The Morgan fingerprint density at radius 2 is 1.94 bits per heavy atom. The van der Waals surface area contributed by atoms with Gasteiger partial charge < -0.3 is 10.1 Å². The largest absolute Gasteiger partial charge is 0.378 e. The first-order valence-electron chi connectivity index (χ1n) is 6.43. The molecule has 2 atom stereocenters. The van der Waals surface area contributed by atoms with Crippen LogP contribution in [0.4, 0.5) is 0 Å². The molecule has 2 bridgehead atoms. The fraction of sp³-hybridized carbons (Fsp3) is 0.571. The zero-order chi connectivity index (χ0) is 11.7. The first kappa shape index (κ1) is 11.2. The monoisotopic (exact) mass is 232 g/mol. The number of benzene rings is 1. The summed E-state index contributed by atoms with van der Waals surface area (Å²) in [5.74, 6) is 0.